The molecule has 2 N–H and O–H groups in total. The van der Waals surface area contributed by atoms with Gasteiger partial charge in [0.1, 0.15) is 17.5 Å². The summed E-state index contributed by atoms with van der Waals surface area (Å²) in [7, 11) is -3.92. The predicted molar refractivity (Wildman–Crippen MR) is 134 cm³/mol. The number of anilines is 2. The number of alkyl halides is 3. The van der Waals surface area contributed by atoms with Gasteiger partial charge in [-0.2, -0.15) is 22.5 Å². The van der Waals surface area contributed by atoms with E-state index in [9.17, 15) is 26.0 Å². The van der Waals surface area contributed by atoms with E-state index in [2.05, 4.69) is 20.6 Å². The molecule has 3 aliphatic rings. The number of nitrogens with one attached hydrogen (secondary N) is 2. The van der Waals surface area contributed by atoms with Gasteiger partial charge in [-0.15, -0.1) is 0 Å². The summed E-state index contributed by atoms with van der Waals surface area (Å²) in [5.41, 5.74) is -0.699. The Kier molecular flexibility index (Phi) is 8.12. The van der Waals surface area contributed by atoms with E-state index in [1.54, 1.807) is 0 Å². The summed E-state index contributed by atoms with van der Waals surface area (Å²) in [5.74, 6) is -1.19. The molecule has 214 valence electrons. The molecule has 3 saturated heterocycles. The molecule has 3 fully saturated rings. The number of nitrogens with zero attached hydrogens (tertiary/aromatic N) is 4. The summed E-state index contributed by atoms with van der Waals surface area (Å²) in [5, 5.41) is 6.19. The number of sulfonamides is 1. The van der Waals surface area contributed by atoms with E-state index in [0.717, 1.165) is 19.2 Å². The first-order valence-corrected chi connectivity index (χ1v) is 14.3. The van der Waals surface area contributed by atoms with Gasteiger partial charge in [-0.25, -0.2) is 17.8 Å². The maximum atomic E-state index is 14.8. The lowest BCUT2D eigenvalue weighted by Crippen LogP contribution is -2.44. The molecule has 1 aromatic carbocycles. The maximum absolute atomic E-state index is 14.8. The van der Waals surface area contributed by atoms with Crippen molar-refractivity contribution in [3.8, 4) is 5.88 Å². The van der Waals surface area contributed by atoms with E-state index in [1.165, 1.54) is 16.4 Å². The molecule has 15 heteroatoms. The van der Waals surface area contributed by atoms with E-state index in [-0.39, 0.29) is 36.6 Å². The first-order valence-electron chi connectivity index (χ1n) is 12.8. The molecule has 10 nitrogen and oxygen atoms in total. The van der Waals surface area contributed by atoms with Crippen LogP contribution in [-0.2, 0) is 20.9 Å². The maximum Gasteiger partial charge on any atom is 0.423 e. The summed E-state index contributed by atoms with van der Waals surface area (Å²) in [4.78, 5) is 9.54. The van der Waals surface area contributed by atoms with Gasteiger partial charge in [0.2, 0.25) is 21.9 Å². The van der Waals surface area contributed by atoms with Gasteiger partial charge in [-0.3, -0.25) is 0 Å². The van der Waals surface area contributed by atoms with Gasteiger partial charge < -0.3 is 25.0 Å². The van der Waals surface area contributed by atoms with Crippen molar-refractivity contribution >= 4 is 21.7 Å². The van der Waals surface area contributed by atoms with Gasteiger partial charge in [0, 0.05) is 57.9 Å². The van der Waals surface area contributed by atoms with Gasteiger partial charge in [-0.1, -0.05) is 0 Å². The van der Waals surface area contributed by atoms with E-state index in [0.29, 0.717) is 50.8 Å². The second kappa shape index (κ2) is 11.4. The molecule has 1 aromatic heterocycles. The van der Waals surface area contributed by atoms with Crippen LogP contribution in [0.2, 0.25) is 0 Å². The molecule has 0 spiro atoms. The summed E-state index contributed by atoms with van der Waals surface area (Å²) >= 11 is 0. The number of ether oxygens (including phenoxy) is 2. The zero-order valence-corrected chi connectivity index (χ0v) is 21.9. The Hall–Kier alpha value is -2.75. The van der Waals surface area contributed by atoms with E-state index < -0.39 is 39.6 Å². The van der Waals surface area contributed by atoms with Gasteiger partial charge in [0.05, 0.1) is 23.8 Å². The Morgan fingerprint density at radius 2 is 1.85 bits per heavy atom. The van der Waals surface area contributed by atoms with Crippen molar-refractivity contribution in [2.75, 3.05) is 62.7 Å². The minimum absolute atomic E-state index is 0.0382. The highest BCUT2D eigenvalue weighted by Gasteiger charge is 2.38. The lowest BCUT2D eigenvalue weighted by molar-refractivity contribution is -0.139. The first kappa shape index (κ1) is 27.8. The molecule has 39 heavy (non-hydrogen) atoms. The molecule has 1 atom stereocenters. The molecule has 0 bridgehead atoms. The van der Waals surface area contributed by atoms with Crippen LogP contribution < -0.4 is 20.3 Å². The third kappa shape index (κ3) is 6.36. The molecule has 4 heterocycles. The van der Waals surface area contributed by atoms with Crippen LogP contribution in [0.5, 0.6) is 5.88 Å². The molecule has 5 rings (SSSR count). The molecular formula is C24H30F4N6O4S. The SMILES string of the molecule is O=S(=O)(c1ccc(N2CCNCC2)c(F)c1)N1CCC(Nc2ncc(C(F)(F)F)c(O[C@H]3CCOC3)n2)CC1. The minimum atomic E-state index is -4.68. The monoisotopic (exact) mass is 574 g/mol. The van der Waals surface area contributed by atoms with Crippen molar-refractivity contribution in [1.82, 2.24) is 19.6 Å². The Balaban J connectivity index is 1.22. The van der Waals surface area contributed by atoms with Crippen LogP contribution in [-0.4, -0.2) is 87.3 Å². The fraction of sp³-hybridized carbons (Fsp3) is 0.583. The molecule has 3 aliphatic heterocycles. The smallest absolute Gasteiger partial charge is 0.423 e. The third-order valence-electron chi connectivity index (χ3n) is 7.03. The number of aromatic nitrogens is 2. The predicted octanol–water partition coefficient (Wildman–Crippen LogP) is 2.48. The number of piperazine rings is 1. The summed E-state index contributed by atoms with van der Waals surface area (Å²) in [6.45, 7) is 3.59. The molecule has 0 saturated carbocycles. The largest absolute Gasteiger partial charge is 0.471 e. The van der Waals surface area contributed by atoms with Crippen LogP contribution in [0.25, 0.3) is 0 Å². The second-order valence-electron chi connectivity index (χ2n) is 9.69. The summed E-state index contributed by atoms with van der Waals surface area (Å²) < 4.78 is 93.5. The van der Waals surface area contributed by atoms with E-state index in [4.69, 9.17) is 9.47 Å². The van der Waals surface area contributed by atoms with Crippen molar-refractivity contribution in [2.45, 2.75) is 42.5 Å². The van der Waals surface area contributed by atoms with Crippen molar-refractivity contribution in [2.24, 2.45) is 0 Å². The van der Waals surface area contributed by atoms with Gasteiger partial charge in [-0.05, 0) is 31.0 Å². The Morgan fingerprint density at radius 1 is 1.10 bits per heavy atom. The highest BCUT2D eigenvalue weighted by molar-refractivity contribution is 7.89. The molecule has 0 amide bonds. The van der Waals surface area contributed by atoms with Crippen LogP contribution in [0.4, 0.5) is 29.2 Å². The van der Waals surface area contributed by atoms with Crippen molar-refractivity contribution in [3.63, 3.8) is 0 Å². The van der Waals surface area contributed by atoms with Crippen LogP contribution in [0, 0.1) is 5.82 Å². The quantitative estimate of drug-likeness (QED) is 0.482. The third-order valence-corrected chi connectivity index (χ3v) is 8.92. The number of hydrogen-bond donors (Lipinski definition) is 2. The number of piperidine rings is 1. The second-order valence-corrected chi connectivity index (χ2v) is 11.6. The lowest BCUT2D eigenvalue weighted by Gasteiger charge is -2.32. The zero-order valence-electron chi connectivity index (χ0n) is 21.1. The van der Waals surface area contributed by atoms with Gasteiger partial charge >= 0.3 is 6.18 Å². The molecule has 0 aliphatic carbocycles. The van der Waals surface area contributed by atoms with Crippen LogP contribution in [0.15, 0.2) is 29.3 Å². The normalized spacial score (nSPS) is 21.7. The van der Waals surface area contributed by atoms with Crippen molar-refractivity contribution < 1.29 is 35.5 Å². The number of halogens is 4. The van der Waals surface area contributed by atoms with Crippen molar-refractivity contribution in [1.29, 1.82) is 0 Å². The number of rotatable bonds is 7. The Labute approximate surface area is 223 Å². The average Bonchev–Trinajstić information content (AvgIpc) is 3.42. The average molecular weight is 575 g/mol. The highest BCUT2D eigenvalue weighted by atomic mass is 32.2. The number of benzene rings is 1. The van der Waals surface area contributed by atoms with Crippen molar-refractivity contribution in [3.05, 3.63) is 35.8 Å². The minimum Gasteiger partial charge on any atom is -0.471 e. The van der Waals surface area contributed by atoms with Crippen LogP contribution >= 0.6 is 0 Å². The number of hydrogen-bond acceptors (Lipinski definition) is 9. The van der Waals surface area contributed by atoms with Gasteiger partial charge in [0.15, 0.2) is 0 Å². The fourth-order valence-corrected chi connectivity index (χ4v) is 6.35. The molecule has 2 aromatic rings. The molecule has 0 unspecified atom stereocenters. The molecular weight excluding hydrogens is 544 g/mol. The standard InChI is InChI=1S/C24H30F4N6O4S/c25-20-13-18(1-2-21(20)33-10-6-29-7-11-33)39(35,36)34-8-3-16(4-9-34)31-23-30-14-19(24(26,27)28)22(32-23)38-17-5-12-37-15-17/h1-2,13-14,16-17,29H,3-12,15H2,(H,30,31,32)/t17-/m0/s1. The summed E-state index contributed by atoms with van der Waals surface area (Å²) in [6.07, 6.45) is -3.36. The van der Waals surface area contributed by atoms with Gasteiger partial charge in [0.25, 0.3) is 0 Å². The van der Waals surface area contributed by atoms with E-state index >= 15 is 0 Å². The summed E-state index contributed by atoms with van der Waals surface area (Å²) in [6, 6.07) is 3.71. The molecule has 0 radical (unpaired) electrons. The van der Waals surface area contributed by atoms with Crippen LogP contribution in [0.1, 0.15) is 24.8 Å². The lowest BCUT2D eigenvalue weighted by atomic mass is 10.1. The topological polar surface area (TPSA) is 109 Å². The first-order chi connectivity index (χ1) is 18.6. The van der Waals surface area contributed by atoms with Crippen LogP contribution in [0.3, 0.4) is 0 Å². The highest BCUT2D eigenvalue weighted by Crippen LogP contribution is 2.36. The Morgan fingerprint density at radius 3 is 2.49 bits per heavy atom. The zero-order chi connectivity index (χ0) is 27.6. The Bertz CT molecular complexity index is 1260. The van der Waals surface area contributed by atoms with E-state index in [1.807, 2.05) is 4.90 Å². The fourth-order valence-electron chi connectivity index (χ4n) is 4.87.